The van der Waals surface area contributed by atoms with Gasteiger partial charge in [0.2, 0.25) is 0 Å². The molecule has 0 aromatic carbocycles. The molecule has 0 unspecified atom stereocenters. The molecule has 20 heavy (non-hydrogen) atoms. The third kappa shape index (κ3) is 4.29. The molecule has 4 heteroatoms. The van der Waals surface area contributed by atoms with Crippen molar-refractivity contribution in [1.29, 1.82) is 0 Å². The minimum absolute atomic E-state index is 0.812. The number of rotatable bonds is 7. The summed E-state index contributed by atoms with van der Waals surface area (Å²) in [5.41, 5.74) is 0. The average Bonchev–Trinajstić information content (AvgIpc) is 3.19. The Kier molecular flexibility index (Phi) is 5.10. The summed E-state index contributed by atoms with van der Waals surface area (Å²) in [6, 6.07) is 5.45. The summed E-state index contributed by atoms with van der Waals surface area (Å²) in [5, 5.41) is 3.60. The second-order valence-corrected chi connectivity index (χ2v) is 7.39. The molecule has 0 amide bonds. The van der Waals surface area contributed by atoms with Crippen LogP contribution in [0.15, 0.2) is 12.1 Å². The van der Waals surface area contributed by atoms with Crippen LogP contribution in [-0.2, 0) is 13.1 Å². The molecule has 1 aliphatic heterocycles. The molecule has 1 aromatic heterocycles. The second kappa shape index (κ2) is 7.03. The van der Waals surface area contributed by atoms with Crippen molar-refractivity contribution < 1.29 is 0 Å². The van der Waals surface area contributed by atoms with Crippen molar-refractivity contribution in [3.8, 4) is 0 Å². The van der Waals surface area contributed by atoms with Crippen LogP contribution >= 0.6 is 11.3 Å². The van der Waals surface area contributed by atoms with Crippen LogP contribution < -0.4 is 5.32 Å². The summed E-state index contributed by atoms with van der Waals surface area (Å²) in [4.78, 5) is 8.23. The quantitative estimate of drug-likeness (QED) is 0.833. The Bertz CT molecular complexity index is 406. The molecule has 2 fully saturated rings. The Morgan fingerprint density at radius 1 is 1.10 bits per heavy atom. The maximum Gasteiger partial charge on any atom is 0.0329 e. The normalized spacial score (nSPS) is 21.4. The fraction of sp³-hybridized carbons (Fsp3) is 0.750. The summed E-state index contributed by atoms with van der Waals surface area (Å²) in [6.45, 7) is 10.7. The van der Waals surface area contributed by atoms with E-state index in [2.05, 4.69) is 34.2 Å². The largest absolute Gasteiger partial charge is 0.309 e. The third-order valence-corrected chi connectivity index (χ3v) is 5.31. The van der Waals surface area contributed by atoms with Crippen molar-refractivity contribution in [3.05, 3.63) is 21.9 Å². The number of hydrogen-bond donors (Lipinski definition) is 1. The Labute approximate surface area is 127 Å². The van der Waals surface area contributed by atoms with E-state index in [0.717, 1.165) is 19.1 Å². The Hall–Kier alpha value is -0.420. The molecule has 0 spiro atoms. The molecule has 2 aliphatic rings. The standard InChI is InChI=1S/C16H27N3S/c1-2-7-18-8-10-19(11-9-18)13-16-6-5-15(20-16)12-17-14-3-4-14/h5-6,14,17H,2-4,7-13H2,1H3. The molecule has 112 valence electrons. The fourth-order valence-electron chi connectivity index (χ4n) is 2.84. The van der Waals surface area contributed by atoms with Crippen LogP contribution in [0.4, 0.5) is 0 Å². The van der Waals surface area contributed by atoms with Gasteiger partial charge in [0.25, 0.3) is 0 Å². The highest BCUT2D eigenvalue weighted by atomic mass is 32.1. The molecule has 0 radical (unpaired) electrons. The predicted octanol–water partition coefficient (Wildman–Crippen LogP) is 2.53. The van der Waals surface area contributed by atoms with Gasteiger partial charge in [0.1, 0.15) is 0 Å². The molecule has 1 saturated carbocycles. The summed E-state index contributed by atoms with van der Waals surface area (Å²) in [7, 11) is 0. The fourth-order valence-corrected chi connectivity index (χ4v) is 3.85. The molecule has 1 aliphatic carbocycles. The zero-order chi connectivity index (χ0) is 13.8. The topological polar surface area (TPSA) is 18.5 Å². The molecule has 1 N–H and O–H groups in total. The molecule has 1 aromatic rings. The van der Waals surface area contributed by atoms with Crippen LogP contribution in [0.5, 0.6) is 0 Å². The van der Waals surface area contributed by atoms with E-state index in [0.29, 0.717) is 0 Å². The zero-order valence-corrected chi connectivity index (χ0v) is 13.4. The third-order valence-electron chi connectivity index (χ3n) is 4.24. The highest BCUT2D eigenvalue weighted by Gasteiger charge is 2.20. The summed E-state index contributed by atoms with van der Waals surface area (Å²) in [6.07, 6.45) is 4.03. The Morgan fingerprint density at radius 3 is 2.50 bits per heavy atom. The number of nitrogens with one attached hydrogen (secondary N) is 1. The van der Waals surface area contributed by atoms with Crippen molar-refractivity contribution in [1.82, 2.24) is 15.1 Å². The molecule has 2 heterocycles. The maximum atomic E-state index is 3.60. The van der Waals surface area contributed by atoms with Crippen molar-refractivity contribution in [2.75, 3.05) is 32.7 Å². The van der Waals surface area contributed by atoms with E-state index < -0.39 is 0 Å². The lowest BCUT2D eigenvalue weighted by Gasteiger charge is -2.34. The van der Waals surface area contributed by atoms with E-state index in [1.807, 2.05) is 11.3 Å². The van der Waals surface area contributed by atoms with Crippen molar-refractivity contribution in [2.24, 2.45) is 0 Å². The minimum atomic E-state index is 0.812. The van der Waals surface area contributed by atoms with Gasteiger partial charge in [-0.05, 0) is 37.9 Å². The second-order valence-electron chi connectivity index (χ2n) is 6.14. The van der Waals surface area contributed by atoms with Crippen LogP contribution in [0.3, 0.4) is 0 Å². The van der Waals surface area contributed by atoms with Gasteiger partial charge in [0.05, 0.1) is 0 Å². The zero-order valence-electron chi connectivity index (χ0n) is 12.6. The van der Waals surface area contributed by atoms with Gasteiger partial charge in [-0.25, -0.2) is 0 Å². The van der Waals surface area contributed by atoms with Gasteiger partial charge in [-0.1, -0.05) is 6.92 Å². The average molecular weight is 293 g/mol. The first kappa shape index (κ1) is 14.5. The number of piperazine rings is 1. The van der Waals surface area contributed by atoms with Gasteiger partial charge in [-0.3, -0.25) is 4.90 Å². The number of thiophene rings is 1. The van der Waals surface area contributed by atoms with Gasteiger partial charge in [0, 0.05) is 55.1 Å². The SMILES string of the molecule is CCCN1CCN(Cc2ccc(CNC3CC3)s2)CC1. The first-order valence-corrected chi connectivity index (χ1v) is 8.91. The van der Waals surface area contributed by atoms with Crippen LogP contribution in [0.1, 0.15) is 35.9 Å². The van der Waals surface area contributed by atoms with E-state index >= 15 is 0 Å². The predicted molar refractivity (Wildman–Crippen MR) is 86.2 cm³/mol. The minimum Gasteiger partial charge on any atom is -0.309 e. The number of nitrogens with zero attached hydrogens (tertiary/aromatic N) is 2. The van der Waals surface area contributed by atoms with Crippen LogP contribution in [0.25, 0.3) is 0 Å². The Balaban J connectivity index is 1.41. The maximum absolute atomic E-state index is 3.60. The monoisotopic (exact) mass is 293 g/mol. The van der Waals surface area contributed by atoms with E-state index in [4.69, 9.17) is 0 Å². The van der Waals surface area contributed by atoms with Crippen LogP contribution in [0, 0.1) is 0 Å². The lowest BCUT2D eigenvalue weighted by Crippen LogP contribution is -2.45. The van der Waals surface area contributed by atoms with E-state index in [9.17, 15) is 0 Å². The van der Waals surface area contributed by atoms with Crippen molar-refractivity contribution in [3.63, 3.8) is 0 Å². The van der Waals surface area contributed by atoms with E-state index in [1.165, 1.54) is 61.7 Å². The molecule has 3 rings (SSSR count). The molecule has 3 nitrogen and oxygen atoms in total. The van der Waals surface area contributed by atoms with Gasteiger partial charge >= 0.3 is 0 Å². The lowest BCUT2D eigenvalue weighted by molar-refractivity contribution is 0.128. The highest BCUT2D eigenvalue weighted by molar-refractivity contribution is 7.11. The molecular formula is C16H27N3S. The van der Waals surface area contributed by atoms with Gasteiger partial charge < -0.3 is 10.2 Å². The first-order chi connectivity index (χ1) is 9.83. The highest BCUT2D eigenvalue weighted by Crippen LogP contribution is 2.22. The van der Waals surface area contributed by atoms with Crippen LogP contribution in [0.2, 0.25) is 0 Å². The van der Waals surface area contributed by atoms with E-state index in [-0.39, 0.29) is 0 Å². The van der Waals surface area contributed by atoms with Crippen molar-refractivity contribution >= 4 is 11.3 Å². The van der Waals surface area contributed by atoms with Crippen LogP contribution in [-0.4, -0.2) is 48.6 Å². The molecular weight excluding hydrogens is 266 g/mol. The molecule has 0 bridgehead atoms. The van der Waals surface area contributed by atoms with Crippen molar-refractivity contribution in [2.45, 2.75) is 45.3 Å². The number of hydrogen-bond acceptors (Lipinski definition) is 4. The van der Waals surface area contributed by atoms with Gasteiger partial charge in [-0.2, -0.15) is 0 Å². The molecule has 1 saturated heterocycles. The summed E-state index contributed by atoms with van der Waals surface area (Å²) < 4.78 is 0. The summed E-state index contributed by atoms with van der Waals surface area (Å²) >= 11 is 1.99. The summed E-state index contributed by atoms with van der Waals surface area (Å²) in [5.74, 6) is 0. The smallest absolute Gasteiger partial charge is 0.0329 e. The molecule has 0 atom stereocenters. The first-order valence-electron chi connectivity index (χ1n) is 8.09. The van der Waals surface area contributed by atoms with E-state index in [1.54, 1.807) is 0 Å². The van der Waals surface area contributed by atoms with Gasteiger partial charge in [0.15, 0.2) is 0 Å². The van der Waals surface area contributed by atoms with Gasteiger partial charge in [-0.15, -0.1) is 11.3 Å². The Morgan fingerprint density at radius 2 is 1.80 bits per heavy atom. The lowest BCUT2D eigenvalue weighted by atomic mass is 10.3.